The van der Waals surface area contributed by atoms with Crippen molar-refractivity contribution in [1.82, 2.24) is 4.31 Å². The van der Waals surface area contributed by atoms with E-state index in [0.29, 0.717) is 6.07 Å². The average Bonchev–Trinajstić information content (AvgIpc) is 2.40. The van der Waals surface area contributed by atoms with E-state index < -0.39 is 26.6 Å². The molecule has 0 aliphatic carbocycles. The van der Waals surface area contributed by atoms with Crippen LogP contribution in [0.2, 0.25) is 0 Å². The minimum absolute atomic E-state index is 0.0700. The van der Waals surface area contributed by atoms with Gasteiger partial charge in [0.05, 0.1) is 0 Å². The summed E-state index contributed by atoms with van der Waals surface area (Å²) >= 11 is 3.33. The highest BCUT2D eigenvalue weighted by Gasteiger charge is 2.25. The lowest BCUT2D eigenvalue weighted by Crippen LogP contribution is -2.27. The van der Waals surface area contributed by atoms with Crippen molar-refractivity contribution in [1.29, 1.82) is 0 Å². The van der Waals surface area contributed by atoms with Gasteiger partial charge >= 0.3 is 0 Å². The van der Waals surface area contributed by atoms with E-state index in [1.807, 2.05) is 6.07 Å². The van der Waals surface area contributed by atoms with E-state index in [4.69, 9.17) is 0 Å². The third-order valence-electron chi connectivity index (χ3n) is 2.93. The lowest BCUT2D eigenvalue weighted by atomic mass is 10.2. The Morgan fingerprint density at radius 3 is 2.43 bits per heavy atom. The fourth-order valence-corrected chi connectivity index (χ4v) is 3.40. The molecule has 7 heteroatoms. The first-order valence-corrected chi connectivity index (χ1v) is 8.20. The molecule has 0 N–H and O–H groups in total. The van der Waals surface area contributed by atoms with E-state index in [0.717, 1.165) is 26.5 Å². The summed E-state index contributed by atoms with van der Waals surface area (Å²) in [4.78, 5) is -0.543. The van der Waals surface area contributed by atoms with Crippen molar-refractivity contribution in [2.45, 2.75) is 11.4 Å². The van der Waals surface area contributed by atoms with Crippen LogP contribution in [0.4, 0.5) is 8.78 Å². The maximum atomic E-state index is 13.7. The predicted molar refractivity (Wildman–Crippen MR) is 79.2 cm³/mol. The second-order valence-electron chi connectivity index (χ2n) is 4.43. The Bertz CT molecular complexity index is 765. The molecule has 112 valence electrons. The van der Waals surface area contributed by atoms with Crippen LogP contribution in [0.25, 0.3) is 0 Å². The Morgan fingerprint density at radius 1 is 1.14 bits per heavy atom. The molecule has 2 rings (SSSR count). The summed E-state index contributed by atoms with van der Waals surface area (Å²) in [5, 5.41) is 0. The topological polar surface area (TPSA) is 37.4 Å². The van der Waals surface area contributed by atoms with Gasteiger partial charge in [0.2, 0.25) is 10.0 Å². The molecule has 0 unspecified atom stereocenters. The van der Waals surface area contributed by atoms with Crippen molar-refractivity contribution in [2.24, 2.45) is 0 Å². The Kier molecular flexibility index (Phi) is 4.75. The van der Waals surface area contributed by atoms with Gasteiger partial charge in [-0.1, -0.05) is 34.1 Å². The summed E-state index contributed by atoms with van der Waals surface area (Å²) in [6.07, 6.45) is 0. The minimum atomic E-state index is -4.03. The molecule has 0 spiro atoms. The standard InChI is InChI=1S/C14H12BrF2NO2S/c1-18(9-10-4-2-3-5-12(10)15)21(19,20)14-7-6-11(16)8-13(14)17/h2-8H,9H2,1H3. The fourth-order valence-electron chi connectivity index (χ4n) is 1.80. The SMILES string of the molecule is CN(Cc1ccccc1Br)S(=O)(=O)c1ccc(F)cc1F. The number of halogens is 3. The van der Waals surface area contributed by atoms with E-state index >= 15 is 0 Å². The predicted octanol–water partition coefficient (Wildman–Crippen LogP) is 3.55. The second-order valence-corrected chi connectivity index (χ2v) is 7.29. The van der Waals surface area contributed by atoms with E-state index in [1.165, 1.54) is 7.05 Å². The Hall–Kier alpha value is -1.31. The van der Waals surface area contributed by atoms with Gasteiger partial charge in [0.15, 0.2) is 0 Å². The molecule has 0 heterocycles. The van der Waals surface area contributed by atoms with Crippen molar-refractivity contribution in [3.8, 4) is 0 Å². The van der Waals surface area contributed by atoms with Crippen molar-refractivity contribution in [3.05, 3.63) is 64.1 Å². The molecule has 0 aliphatic rings. The van der Waals surface area contributed by atoms with Crippen LogP contribution >= 0.6 is 15.9 Å². The molecule has 21 heavy (non-hydrogen) atoms. The van der Waals surface area contributed by atoms with Gasteiger partial charge in [-0.25, -0.2) is 17.2 Å². The molecule has 0 saturated heterocycles. The summed E-state index contributed by atoms with van der Waals surface area (Å²) in [6, 6.07) is 9.53. The highest BCUT2D eigenvalue weighted by Crippen LogP contribution is 2.23. The van der Waals surface area contributed by atoms with E-state index in [9.17, 15) is 17.2 Å². The van der Waals surface area contributed by atoms with Gasteiger partial charge in [-0.05, 0) is 23.8 Å². The summed E-state index contributed by atoms with van der Waals surface area (Å²) in [7, 11) is -2.69. The van der Waals surface area contributed by atoms with Crippen molar-refractivity contribution in [2.75, 3.05) is 7.05 Å². The van der Waals surface area contributed by atoms with Gasteiger partial charge in [0, 0.05) is 24.1 Å². The zero-order chi connectivity index (χ0) is 15.6. The number of nitrogens with zero attached hydrogens (tertiary/aromatic N) is 1. The average molecular weight is 376 g/mol. The van der Waals surface area contributed by atoms with Gasteiger partial charge in [-0.3, -0.25) is 0 Å². The molecule has 0 aliphatic heterocycles. The van der Waals surface area contributed by atoms with Gasteiger partial charge in [0.1, 0.15) is 16.5 Å². The normalized spacial score (nSPS) is 11.9. The molecule has 0 saturated carbocycles. The summed E-state index contributed by atoms with van der Waals surface area (Å²) in [5.74, 6) is -1.92. The van der Waals surface area contributed by atoms with Crippen LogP contribution < -0.4 is 0 Å². The van der Waals surface area contributed by atoms with Crippen LogP contribution in [0.1, 0.15) is 5.56 Å². The van der Waals surface area contributed by atoms with Crippen LogP contribution in [-0.4, -0.2) is 19.8 Å². The lowest BCUT2D eigenvalue weighted by Gasteiger charge is -2.18. The van der Waals surface area contributed by atoms with Gasteiger partial charge < -0.3 is 0 Å². The number of rotatable bonds is 4. The van der Waals surface area contributed by atoms with Crippen LogP contribution in [-0.2, 0) is 16.6 Å². The minimum Gasteiger partial charge on any atom is -0.207 e. The molecular weight excluding hydrogens is 364 g/mol. The number of sulfonamides is 1. The Labute approximate surface area is 130 Å². The molecule has 0 atom stereocenters. The number of benzene rings is 2. The van der Waals surface area contributed by atoms with Crippen molar-refractivity contribution in [3.63, 3.8) is 0 Å². The zero-order valence-electron chi connectivity index (χ0n) is 11.1. The molecular formula is C14H12BrF2NO2S. The first-order chi connectivity index (χ1) is 9.82. The van der Waals surface area contributed by atoms with Crippen molar-refractivity contribution >= 4 is 26.0 Å². The Balaban J connectivity index is 2.33. The molecule has 3 nitrogen and oxygen atoms in total. The van der Waals surface area contributed by atoms with Gasteiger partial charge in [-0.2, -0.15) is 4.31 Å². The quantitative estimate of drug-likeness (QED) is 0.819. The molecule has 0 fully saturated rings. The van der Waals surface area contributed by atoms with E-state index in [1.54, 1.807) is 18.2 Å². The largest absolute Gasteiger partial charge is 0.246 e. The maximum Gasteiger partial charge on any atom is 0.246 e. The Morgan fingerprint density at radius 2 is 1.81 bits per heavy atom. The van der Waals surface area contributed by atoms with E-state index in [-0.39, 0.29) is 6.54 Å². The van der Waals surface area contributed by atoms with Crippen LogP contribution in [0.5, 0.6) is 0 Å². The van der Waals surface area contributed by atoms with Gasteiger partial charge in [-0.15, -0.1) is 0 Å². The fraction of sp³-hybridized carbons (Fsp3) is 0.143. The van der Waals surface area contributed by atoms with E-state index in [2.05, 4.69) is 15.9 Å². The third-order valence-corrected chi connectivity index (χ3v) is 5.54. The number of hydrogen-bond acceptors (Lipinski definition) is 2. The summed E-state index contributed by atoms with van der Waals surface area (Å²) in [6.45, 7) is 0.0700. The zero-order valence-corrected chi connectivity index (χ0v) is 13.5. The van der Waals surface area contributed by atoms with Crippen LogP contribution in [0.3, 0.4) is 0 Å². The number of hydrogen-bond donors (Lipinski definition) is 0. The van der Waals surface area contributed by atoms with Crippen LogP contribution in [0.15, 0.2) is 51.8 Å². The molecule has 0 amide bonds. The molecule has 0 radical (unpaired) electrons. The lowest BCUT2D eigenvalue weighted by molar-refractivity contribution is 0.458. The first kappa shape index (κ1) is 16.1. The molecule has 2 aromatic carbocycles. The van der Waals surface area contributed by atoms with Crippen molar-refractivity contribution < 1.29 is 17.2 Å². The summed E-state index contributed by atoms with van der Waals surface area (Å²) in [5.41, 5.74) is 0.742. The highest BCUT2D eigenvalue weighted by atomic mass is 79.9. The first-order valence-electron chi connectivity index (χ1n) is 5.97. The highest BCUT2D eigenvalue weighted by molar-refractivity contribution is 9.10. The third kappa shape index (κ3) is 3.48. The molecule has 0 bridgehead atoms. The maximum absolute atomic E-state index is 13.7. The monoisotopic (exact) mass is 375 g/mol. The van der Waals surface area contributed by atoms with Gasteiger partial charge in [0.25, 0.3) is 0 Å². The van der Waals surface area contributed by atoms with Crippen LogP contribution in [0, 0.1) is 11.6 Å². The smallest absolute Gasteiger partial charge is 0.207 e. The molecule has 0 aromatic heterocycles. The summed E-state index contributed by atoms with van der Waals surface area (Å²) < 4.78 is 53.0. The molecule has 2 aromatic rings. The second kappa shape index (κ2) is 6.21.